The van der Waals surface area contributed by atoms with Crippen molar-refractivity contribution in [2.75, 3.05) is 7.05 Å². The number of hydrogen-bond acceptors (Lipinski definition) is 4. The number of alkyl halides is 3. The predicted octanol–water partition coefficient (Wildman–Crippen LogP) is 1.99. The van der Waals surface area contributed by atoms with Gasteiger partial charge in [-0.15, -0.1) is 0 Å². The largest absolute Gasteiger partial charge is 0.465 e. The van der Waals surface area contributed by atoms with Gasteiger partial charge in [0.15, 0.2) is 0 Å². The summed E-state index contributed by atoms with van der Waals surface area (Å²) in [7, 11) is -2.69. The fraction of sp³-hybridized carbons (Fsp3) is 0.667. The summed E-state index contributed by atoms with van der Waals surface area (Å²) < 4.78 is 70.6. The van der Waals surface area contributed by atoms with E-state index in [1.54, 1.807) is 14.0 Å². The topological polar surface area (TPSA) is 71.3 Å². The molecule has 0 bridgehead atoms. The van der Waals surface area contributed by atoms with E-state index in [9.17, 15) is 21.6 Å². The molecule has 2 rings (SSSR count). The van der Waals surface area contributed by atoms with E-state index in [1.807, 2.05) is 4.72 Å². The summed E-state index contributed by atoms with van der Waals surface area (Å²) >= 11 is 0. The van der Waals surface area contributed by atoms with Gasteiger partial charge in [-0.1, -0.05) is 0 Å². The van der Waals surface area contributed by atoms with E-state index in [2.05, 4.69) is 5.32 Å². The molecule has 2 N–H and O–H groups in total. The lowest BCUT2D eigenvalue weighted by Crippen LogP contribution is -2.48. The summed E-state index contributed by atoms with van der Waals surface area (Å²) in [5.74, 6) is 0.460. The van der Waals surface area contributed by atoms with Gasteiger partial charge in [0, 0.05) is 12.1 Å². The summed E-state index contributed by atoms with van der Waals surface area (Å²) in [6.07, 6.45) is -5.09. The number of nitrogens with one attached hydrogen (secondary N) is 2. The third-order valence-corrected chi connectivity index (χ3v) is 5.30. The zero-order valence-corrected chi connectivity index (χ0v) is 12.7. The van der Waals surface area contributed by atoms with Crippen molar-refractivity contribution in [1.82, 2.24) is 10.0 Å². The maximum atomic E-state index is 12.9. The van der Waals surface area contributed by atoms with E-state index < -0.39 is 21.7 Å². The van der Waals surface area contributed by atoms with Gasteiger partial charge in [0.1, 0.15) is 22.0 Å². The second kappa shape index (κ2) is 4.99. The van der Waals surface area contributed by atoms with E-state index in [-0.39, 0.29) is 30.0 Å². The Morgan fingerprint density at radius 2 is 1.81 bits per heavy atom. The standard InChI is InChI=1S/C12H17F3N2O3S/c1-7-9(6-16-3)10(8(2)20-7)21(18,19)17-11(4-5-11)12(13,14)15/h16-17H,4-6H2,1-3H3. The average molecular weight is 326 g/mol. The minimum atomic E-state index is -4.60. The Hall–Kier alpha value is -1.06. The van der Waals surface area contributed by atoms with Crippen molar-refractivity contribution in [1.29, 1.82) is 0 Å². The van der Waals surface area contributed by atoms with Gasteiger partial charge in [-0.05, 0) is 33.7 Å². The van der Waals surface area contributed by atoms with Crippen molar-refractivity contribution in [3.05, 3.63) is 17.1 Å². The molecule has 0 amide bonds. The van der Waals surface area contributed by atoms with E-state index >= 15 is 0 Å². The van der Waals surface area contributed by atoms with Gasteiger partial charge < -0.3 is 9.73 Å². The summed E-state index contributed by atoms with van der Waals surface area (Å²) in [5, 5.41) is 2.78. The molecule has 1 saturated carbocycles. The molecule has 0 radical (unpaired) electrons. The quantitative estimate of drug-likeness (QED) is 0.868. The first kappa shape index (κ1) is 16.3. The third kappa shape index (κ3) is 2.82. The number of rotatable bonds is 5. The van der Waals surface area contributed by atoms with Crippen molar-refractivity contribution in [2.24, 2.45) is 0 Å². The van der Waals surface area contributed by atoms with Crippen LogP contribution < -0.4 is 10.0 Å². The van der Waals surface area contributed by atoms with Gasteiger partial charge in [0.2, 0.25) is 10.0 Å². The molecule has 0 aromatic carbocycles. The molecule has 0 unspecified atom stereocenters. The van der Waals surface area contributed by atoms with Crippen molar-refractivity contribution in [3.8, 4) is 0 Å². The van der Waals surface area contributed by atoms with Gasteiger partial charge in [-0.2, -0.15) is 17.9 Å². The molecule has 120 valence electrons. The van der Waals surface area contributed by atoms with Crippen LogP contribution in [0, 0.1) is 13.8 Å². The Labute approximate surface area is 120 Å². The van der Waals surface area contributed by atoms with Crippen LogP contribution in [0.25, 0.3) is 0 Å². The highest BCUT2D eigenvalue weighted by molar-refractivity contribution is 7.89. The van der Waals surface area contributed by atoms with E-state index in [0.717, 1.165) is 0 Å². The lowest BCUT2D eigenvalue weighted by molar-refractivity contribution is -0.160. The Morgan fingerprint density at radius 3 is 2.24 bits per heavy atom. The third-order valence-electron chi connectivity index (χ3n) is 3.57. The Kier molecular flexibility index (Phi) is 3.88. The van der Waals surface area contributed by atoms with Crippen LogP contribution in [0.3, 0.4) is 0 Å². The molecule has 1 heterocycles. The number of sulfonamides is 1. The minimum Gasteiger partial charge on any atom is -0.465 e. The molecule has 0 spiro atoms. The highest BCUT2D eigenvalue weighted by Gasteiger charge is 2.65. The SMILES string of the molecule is CNCc1c(C)oc(C)c1S(=O)(=O)NC1(C(F)(F)F)CC1. The smallest absolute Gasteiger partial charge is 0.407 e. The lowest BCUT2D eigenvalue weighted by atomic mass is 10.2. The van der Waals surface area contributed by atoms with Crippen LogP contribution in [0.5, 0.6) is 0 Å². The van der Waals surface area contributed by atoms with Crippen LogP contribution in [0.4, 0.5) is 13.2 Å². The number of hydrogen-bond donors (Lipinski definition) is 2. The zero-order valence-electron chi connectivity index (χ0n) is 11.9. The fourth-order valence-electron chi connectivity index (χ4n) is 2.32. The van der Waals surface area contributed by atoms with Crippen LogP contribution in [-0.2, 0) is 16.6 Å². The second-order valence-electron chi connectivity index (χ2n) is 5.24. The van der Waals surface area contributed by atoms with Gasteiger partial charge in [0.25, 0.3) is 0 Å². The van der Waals surface area contributed by atoms with Gasteiger partial charge in [0.05, 0.1) is 0 Å². The molecular formula is C12H17F3N2O3S. The van der Waals surface area contributed by atoms with Crippen molar-refractivity contribution < 1.29 is 26.0 Å². The number of halogens is 3. The number of aryl methyl sites for hydroxylation is 2. The molecular weight excluding hydrogens is 309 g/mol. The summed E-state index contributed by atoms with van der Waals surface area (Å²) in [6.45, 7) is 3.20. The van der Waals surface area contributed by atoms with Crippen molar-refractivity contribution >= 4 is 10.0 Å². The van der Waals surface area contributed by atoms with Gasteiger partial charge in [-0.3, -0.25) is 0 Å². The highest BCUT2D eigenvalue weighted by atomic mass is 32.2. The highest BCUT2D eigenvalue weighted by Crippen LogP contribution is 2.50. The molecule has 21 heavy (non-hydrogen) atoms. The molecule has 0 atom stereocenters. The molecule has 9 heteroatoms. The molecule has 1 aliphatic rings. The molecule has 1 aromatic rings. The van der Waals surface area contributed by atoms with Crippen molar-refractivity contribution in [2.45, 2.75) is 49.8 Å². The lowest BCUT2D eigenvalue weighted by Gasteiger charge is -2.20. The van der Waals surface area contributed by atoms with Crippen LogP contribution in [0.15, 0.2) is 9.31 Å². The predicted molar refractivity (Wildman–Crippen MR) is 69.3 cm³/mol. The normalized spacial score (nSPS) is 18.0. The Bertz CT molecular complexity index is 645. The van der Waals surface area contributed by atoms with Crippen molar-refractivity contribution in [3.63, 3.8) is 0 Å². The summed E-state index contributed by atoms with van der Waals surface area (Å²) in [6, 6.07) is 0. The minimum absolute atomic E-state index is 0.0863. The molecule has 0 saturated heterocycles. The Morgan fingerprint density at radius 1 is 1.24 bits per heavy atom. The van der Waals surface area contributed by atoms with E-state index in [4.69, 9.17) is 4.42 Å². The van der Waals surface area contributed by atoms with Crippen LogP contribution in [0.1, 0.15) is 29.9 Å². The first-order valence-corrected chi connectivity index (χ1v) is 7.86. The summed E-state index contributed by atoms with van der Waals surface area (Å²) in [5.41, 5.74) is -1.99. The van der Waals surface area contributed by atoms with Gasteiger partial charge in [-0.25, -0.2) is 8.42 Å². The molecule has 5 nitrogen and oxygen atoms in total. The zero-order chi connectivity index (χ0) is 16.1. The van der Waals surface area contributed by atoms with E-state index in [0.29, 0.717) is 11.3 Å². The van der Waals surface area contributed by atoms with E-state index in [1.165, 1.54) is 6.92 Å². The van der Waals surface area contributed by atoms with Crippen LogP contribution in [0.2, 0.25) is 0 Å². The molecule has 1 aliphatic carbocycles. The molecule has 1 fully saturated rings. The average Bonchev–Trinajstić information content (AvgIpc) is 3.01. The monoisotopic (exact) mass is 326 g/mol. The first-order chi connectivity index (χ1) is 9.54. The Balaban J connectivity index is 2.42. The molecule has 0 aliphatic heterocycles. The maximum Gasteiger partial charge on any atom is 0.407 e. The fourth-order valence-corrected chi connectivity index (χ4v) is 4.22. The number of furan rings is 1. The summed E-state index contributed by atoms with van der Waals surface area (Å²) in [4.78, 5) is -0.204. The second-order valence-corrected chi connectivity index (χ2v) is 6.86. The van der Waals surface area contributed by atoms with Crippen LogP contribution in [-0.4, -0.2) is 27.2 Å². The van der Waals surface area contributed by atoms with Crippen LogP contribution >= 0.6 is 0 Å². The van der Waals surface area contributed by atoms with Gasteiger partial charge >= 0.3 is 6.18 Å². The maximum absolute atomic E-state index is 12.9. The molecule has 1 aromatic heterocycles. The first-order valence-electron chi connectivity index (χ1n) is 6.38.